The predicted molar refractivity (Wildman–Crippen MR) is 80.3 cm³/mol. The van der Waals surface area contributed by atoms with Crippen LogP contribution in [-0.2, 0) is 16.1 Å². The molecule has 1 N–H and O–H groups in total. The van der Waals surface area contributed by atoms with Crippen LogP contribution in [0.15, 0.2) is 30.3 Å². The molecule has 0 spiro atoms. The second-order valence-corrected chi connectivity index (χ2v) is 6.14. The summed E-state index contributed by atoms with van der Waals surface area (Å²) in [7, 11) is 0. The molecule has 1 aliphatic heterocycles. The van der Waals surface area contributed by atoms with Gasteiger partial charge < -0.3 is 9.84 Å². The van der Waals surface area contributed by atoms with E-state index in [2.05, 4.69) is 0 Å². The molecule has 5 heteroatoms. The number of amides is 1. The number of ether oxygens (including phenoxy) is 1. The maximum Gasteiger partial charge on any atom is 0.411 e. The van der Waals surface area contributed by atoms with E-state index in [0.29, 0.717) is 12.3 Å². The van der Waals surface area contributed by atoms with E-state index in [1.54, 1.807) is 0 Å². The molecule has 2 aliphatic rings. The number of hydrogen-bond acceptors (Lipinski definition) is 3. The molecule has 22 heavy (non-hydrogen) atoms. The Labute approximate surface area is 129 Å². The van der Waals surface area contributed by atoms with Crippen LogP contribution in [-0.4, -0.2) is 34.2 Å². The number of aliphatic carboxylic acids is 1. The number of carboxylic acids is 1. The molecule has 1 heterocycles. The maximum atomic E-state index is 12.4. The first-order valence-corrected chi connectivity index (χ1v) is 7.88. The zero-order chi connectivity index (χ0) is 15.5. The third-order valence-corrected chi connectivity index (χ3v) is 4.82. The van der Waals surface area contributed by atoms with Crippen molar-refractivity contribution in [3.63, 3.8) is 0 Å². The quantitative estimate of drug-likeness (QED) is 0.928. The Morgan fingerprint density at radius 1 is 1.14 bits per heavy atom. The molecule has 3 rings (SSSR count). The number of likely N-dealkylation sites (tertiary alicyclic amines) is 1. The number of rotatable bonds is 4. The Kier molecular flexibility index (Phi) is 4.32. The van der Waals surface area contributed by atoms with Crippen molar-refractivity contribution in [2.75, 3.05) is 0 Å². The normalized spacial score (nSPS) is 24.8. The molecule has 118 valence electrons. The summed E-state index contributed by atoms with van der Waals surface area (Å²) in [4.78, 5) is 25.3. The van der Waals surface area contributed by atoms with Gasteiger partial charge in [-0.05, 0) is 37.2 Å². The molecular weight excluding hydrogens is 282 g/mol. The van der Waals surface area contributed by atoms with Crippen molar-refractivity contribution >= 4 is 12.1 Å². The van der Waals surface area contributed by atoms with Gasteiger partial charge in [0.05, 0.1) is 0 Å². The first-order chi connectivity index (χ1) is 10.7. The van der Waals surface area contributed by atoms with E-state index in [1.807, 2.05) is 30.3 Å². The summed E-state index contributed by atoms with van der Waals surface area (Å²) >= 11 is 0. The molecule has 1 aliphatic carbocycles. The molecule has 0 aromatic heterocycles. The van der Waals surface area contributed by atoms with E-state index in [0.717, 1.165) is 24.8 Å². The van der Waals surface area contributed by atoms with Crippen molar-refractivity contribution in [3.05, 3.63) is 35.9 Å². The van der Waals surface area contributed by atoms with Gasteiger partial charge >= 0.3 is 12.1 Å². The summed E-state index contributed by atoms with van der Waals surface area (Å²) in [6.45, 7) is 0.180. The number of benzene rings is 1. The van der Waals surface area contributed by atoms with E-state index in [-0.39, 0.29) is 12.6 Å². The fourth-order valence-corrected chi connectivity index (χ4v) is 3.42. The van der Waals surface area contributed by atoms with E-state index in [1.165, 1.54) is 11.3 Å². The lowest BCUT2D eigenvalue weighted by Gasteiger charge is -2.37. The number of carboxylic acid groups (broad SMARTS) is 1. The number of carbonyl (C=O) groups excluding carboxylic acids is 1. The maximum absolute atomic E-state index is 12.4. The van der Waals surface area contributed by atoms with E-state index >= 15 is 0 Å². The summed E-state index contributed by atoms with van der Waals surface area (Å²) in [6.07, 6.45) is 4.13. The average Bonchev–Trinajstić information content (AvgIpc) is 2.89. The van der Waals surface area contributed by atoms with Crippen molar-refractivity contribution in [3.8, 4) is 0 Å². The molecule has 1 saturated heterocycles. The Hall–Kier alpha value is -2.04. The average molecular weight is 303 g/mol. The molecule has 0 radical (unpaired) electrons. The Balaban J connectivity index is 1.67. The monoisotopic (exact) mass is 303 g/mol. The highest BCUT2D eigenvalue weighted by atomic mass is 16.6. The van der Waals surface area contributed by atoms with Crippen LogP contribution in [0.1, 0.15) is 37.7 Å². The van der Waals surface area contributed by atoms with Gasteiger partial charge in [-0.25, -0.2) is 9.59 Å². The number of nitrogens with zero attached hydrogens (tertiary/aromatic N) is 1. The van der Waals surface area contributed by atoms with Crippen LogP contribution in [0.25, 0.3) is 0 Å². The SMILES string of the molecule is O=C(O)C1CCC(C2CCC2)N1C(=O)OCc1ccccc1. The first-order valence-electron chi connectivity index (χ1n) is 7.88. The fourth-order valence-electron chi connectivity index (χ4n) is 3.42. The lowest BCUT2D eigenvalue weighted by Crippen LogP contribution is -2.48. The largest absolute Gasteiger partial charge is 0.480 e. The van der Waals surface area contributed by atoms with Crippen LogP contribution >= 0.6 is 0 Å². The molecule has 1 amide bonds. The molecule has 2 unspecified atom stereocenters. The van der Waals surface area contributed by atoms with Gasteiger partial charge in [0.2, 0.25) is 0 Å². The van der Waals surface area contributed by atoms with Crippen molar-refractivity contribution < 1.29 is 19.4 Å². The van der Waals surface area contributed by atoms with Gasteiger partial charge in [0.25, 0.3) is 0 Å². The third kappa shape index (κ3) is 2.93. The van der Waals surface area contributed by atoms with Crippen molar-refractivity contribution in [1.82, 2.24) is 4.90 Å². The highest BCUT2D eigenvalue weighted by Crippen LogP contribution is 2.39. The van der Waals surface area contributed by atoms with Crippen LogP contribution in [0, 0.1) is 5.92 Å². The van der Waals surface area contributed by atoms with Gasteiger partial charge in [-0.15, -0.1) is 0 Å². The Morgan fingerprint density at radius 2 is 1.86 bits per heavy atom. The molecule has 5 nitrogen and oxygen atoms in total. The minimum absolute atomic E-state index is 0.0260. The van der Waals surface area contributed by atoms with E-state index in [4.69, 9.17) is 4.74 Å². The van der Waals surface area contributed by atoms with Gasteiger partial charge in [0.1, 0.15) is 12.6 Å². The molecule has 1 saturated carbocycles. The van der Waals surface area contributed by atoms with Crippen LogP contribution in [0.3, 0.4) is 0 Å². The number of carbonyl (C=O) groups is 2. The second-order valence-electron chi connectivity index (χ2n) is 6.14. The zero-order valence-electron chi connectivity index (χ0n) is 12.5. The third-order valence-electron chi connectivity index (χ3n) is 4.82. The second kappa shape index (κ2) is 6.38. The highest BCUT2D eigenvalue weighted by molar-refractivity contribution is 5.81. The molecular formula is C17H21NO4. The van der Waals surface area contributed by atoms with E-state index in [9.17, 15) is 14.7 Å². The van der Waals surface area contributed by atoms with Gasteiger partial charge in [-0.1, -0.05) is 36.8 Å². The predicted octanol–water partition coefficient (Wildman–Crippen LogP) is 3.04. The van der Waals surface area contributed by atoms with Crippen LogP contribution < -0.4 is 0 Å². The van der Waals surface area contributed by atoms with Gasteiger partial charge in [-0.3, -0.25) is 4.90 Å². The van der Waals surface area contributed by atoms with Gasteiger partial charge in [0, 0.05) is 6.04 Å². The molecule has 1 aromatic carbocycles. The van der Waals surface area contributed by atoms with Crippen molar-refractivity contribution in [1.29, 1.82) is 0 Å². The molecule has 0 bridgehead atoms. The summed E-state index contributed by atoms with van der Waals surface area (Å²) in [5.41, 5.74) is 0.905. The summed E-state index contributed by atoms with van der Waals surface area (Å²) < 4.78 is 5.37. The van der Waals surface area contributed by atoms with Crippen LogP contribution in [0.4, 0.5) is 4.79 Å². The summed E-state index contributed by atoms with van der Waals surface area (Å²) in [5.74, 6) is -0.493. The van der Waals surface area contributed by atoms with Crippen molar-refractivity contribution in [2.45, 2.75) is 50.8 Å². The van der Waals surface area contributed by atoms with Crippen molar-refractivity contribution in [2.24, 2.45) is 5.92 Å². The van der Waals surface area contributed by atoms with Gasteiger partial charge in [-0.2, -0.15) is 0 Å². The van der Waals surface area contributed by atoms with E-state index < -0.39 is 18.1 Å². The molecule has 2 fully saturated rings. The highest BCUT2D eigenvalue weighted by Gasteiger charge is 2.46. The zero-order valence-corrected chi connectivity index (χ0v) is 12.5. The lowest BCUT2D eigenvalue weighted by atomic mass is 9.79. The smallest absolute Gasteiger partial charge is 0.411 e. The minimum Gasteiger partial charge on any atom is -0.480 e. The standard InChI is InChI=1S/C17H21NO4/c19-16(20)15-10-9-14(13-7-4-8-13)18(15)17(21)22-11-12-5-2-1-3-6-12/h1-3,5-6,13-15H,4,7-11H2,(H,19,20). The molecule has 1 aromatic rings. The Bertz CT molecular complexity index is 541. The summed E-state index contributed by atoms with van der Waals surface area (Å²) in [6, 6.07) is 8.72. The first kappa shape index (κ1) is 14.9. The van der Waals surface area contributed by atoms with Crippen LogP contribution in [0.5, 0.6) is 0 Å². The Morgan fingerprint density at radius 3 is 2.45 bits per heavy atom. The van der Waals surface area contributed by atoms with Gasteiger partial charge in [0.15, 0.2) is 0 Å². The summed E-state index contributed by atoms with van der Waals surface area (Å²) in [5, 5.41) is 9.36. The lowest BCUT2D eigenvalue weighted by molar-refractivity contribution is -0.142. The molecule has 2 atom stereocenters. The minimum atomic E-state index is -0.932. The van der Waals surface area contributed by atoms with Crippen LogP contribution in [0.2, 0.25) is 0 Å². The number of hydrogen-bond donors (Lipinski definition) is 1. The fraction of sp³-hybridized carbons (Fsp3) is 0.529. The topological polar surface area (TPSA) is 66.8 Å².